The monoisotopic (exact) mass is 329 g/mol. The van der Waals surface area contributed by atoms with Gasteiger partial charge in [0.1, 0.15) is 5.82 Å². The Balaban J connectivity index is 3.25. The van der Waals surface area contributed by atoms with Gasteiger partial charge >= 0.3 is 0 Å². The lowest BCUT2D eigenvalue weighted by Gasteiger charge is -2.03. The first-order chi connectivity index (χ1) is 5.15. The number of hydrogen-bond acceptors (Lipinski definition) is 1. The summed E-state index contributed by atoms with van der Waals surface area (Å²) >= 11 is 5.29. The molecule has 0 radical (unpaired) electrons. The van der Waals surface area contributed by atoms with E-state index in [1.54, 1.807) is 0 Å². The third-order valence-corrected chi connectivity index (χ3v) is 2.98. The summed E-state index contributed by atoms with van der Waals surface area (Å²) in [6, 6.07) is 2.89. The van der Waals surface area contributed by atoms with Gasteiger partial charge in [0.15, 0.2) is 0 Å². The second kappa shape index (κ2) is 3.82. The molecule has 0 atom stereocenters. The molecule has 0 aliphatic rings. The Morgan fingerprint density at radius 2 is 2.18 bits per heavy atom. The van der Waals surface area contributed by atoms with Crippen molar-refractivity contribution in [1.82, 2.24) is 0 Å². The second-order valence-corrected chi connectivity index (χ2v) is 4.07. The summed E-state index contributed by atoms with van der Waals surface area (Å²) in [4.78, 5) is 0. The predicted octanol–water partition coefficient (Wildman–Crippen LogP) is 2.65. The van der Waals surface area contributed by atoms with Crippen LogP contribution in [0.1, 0.15) is 5.56 Å². The van der Waals surface area contributed by atoms with Crippen molar-refractivity contribution in [1.29, 1.82) is 0 Å². The topological polar surface area (TPSA) is 26.0 Å². The van der Waals surface area contributed by atoms with Crippen LogP contribution in [0, 0.1) is 9.39 Å². The van der Waals surface area contributed by atoms with Gasteiger partial charge in [0.2, 0.25) is 0 Å². The van der Waals surface area contributed by atoms with Crippen LogP contribution in [0.3, 0.4) is 0 Å². The van der Waals surface area contributed by atoms with Gasteiger partial charge in [-0.05, 0) is 40.3 Å². The zero-order valence-corrected chi connectivity index (χ0v) is 9.32. The summed E-state index contributed by atoms with van der Waals surface area (Å²) in [5.41, 5.74) is 6.40. The molecule has 2 N–H and O–H groups in total. The van der Waals surface area contributed by atoms with Crippen LogP contribution in [0.4, 0.5) is 4.39 Å². The van der Waals surface area contributed by atoms with E-state index in [9.17, 15) is 4.39 Å². The first-order valence-electron chi connectivity index (χ1n) is 2.98. The van der Waals surface area contributed by atoms with Crippen LogP contribution < -0.4 is 5.73 Å². The van der Waals surface area contributed by atoms with Crippen molar-refractivity contribution in [2.75, 3.05) is 0 Å². The zero-order chi connectivity index (χ0) is 8.43. The maximum absolute atomic E-state index is 12.7. The summed E-state index contributed by atoms with van der Waals surface area (Å²) in [6.07, 6.45) is 0. The highest BCUT2D eigenvalue weighted by atomic mass is 127. The van der Waals surface area contributed by atoms with E-state index in [0.717, 1.165) is 13.6 Å². The number of halogens is 3. The van der Waals surface area contributed by atoms with Crippen molar-refractivity contribution in [2.45, 2.75) is 6.54 Å². The average Bonchev–Trinajstić information content (AvgIpc) is 1.85. The molecule has 4 heteroatoms. The first-order valence-corrected chi connectivity index (χ1v) is 4.86. The molecule has 60 valence electrons. The summed E-state index contributed by atoms with van der Waals surface area (Å²) < 4.78 is 14.3. The fraction of sp³-hybridized carbons (Fsp3) is 0.143. The molecule has 0 fully saturated rings. The van der Waals surface area contributed by atoms with Gasteiger partial charge in [0.25, 0.3) is 0 Å². The maximum atomic E-state index is 12.7. The fourth-order valence-corrected chi connectivity index (χ4v) is 2.54. The summed E-state index contributed by atoms with van der Waals surface area (Å²) in [5.74, 6) is -0.238. The maximum Gasteiger partial charge on any atom is 0.125 e. The quantitative estimate of drug-likeness (QED) is 0.788. The molecule has 0 bridgehead atoms. The smallest absolute Gasteiger partial charge is 0.125 e. The summed E-state index contributed by atoms with van der Waals surface area (Å²) in [5, 5.41) is 0. The van der Waals surface area contributed by atoms with Crippen LogP contribution in [0.15, 0.2) is 16.6 Å². The Labute approximate surface area is 86.4 Å². The van der Waals surface area contributed by atoms with Gasteiger partial charge in [-0.25, -0.2) is 4.39 Å². The van der Waals surface area contributed by atoms with Crippen molar-refractivity contribution in [3.63, 3.8) is 0 Å². The van der Waals surface area contributed by atoms with Crippen LogP contribution in [0.5, 0.6) is 0 Å². The molecule has 1 aromatic rings. The van der Waals surface area contributed by atoms with E-state index in [1.165, 1.54) is 12.1 Å². The first kappa shape index (κ1) is 9.41. The van der Waals surface area contributed by atoms with Gasteiger partial charge in [-0.15, -0.1) is 0 Å². The Morgan fingerprint density at radius 3 is 2.64 bits per heavy atom. The Kier molecular flexibility index (Phi) is 3.27. The van der Waals surface area contributed by atoms with E-state index in [-0.39, 0.29) is 5.82 Å². The zero-order valence-electron chi connectivity index (χ0n) is 5.57. The van der Waals surface area contributed by atoms with E-state index < -0.39 is 0 Å². The highest BCUT2D eigenvalue weighted by molar-refractivity contribution is 14.1. The van der Waals surface area contributed by atoms with Gasteiger partial charge < -0.3 is 5.73 Å². The minimum Gasteiger partial charge on any atom is -0.326 e. The molecule has 0 saturated carbocycles. The summed E-state index contributed by atoms with van der Waals surface area (Å²) in [7, 11) is 0. The molecule has 0 heterocycles. The highest BCUT2D eigenvalue weighted by Gasteiger charge is 2.04. The molecule has 0 aliphatic heterocycles. The minimum absolute atomic E-state index is 0.238. The number of nitrogens with two attached hydrogens (primary N) is 1. The fourth-order valence-electron chi connectivity index (χ4n) is 0.767. The number of rotatable bonds is 1. The second-order valence-electron chi connectivity index (χ2n) is 2.05. The lowest BCUT2D eigenvalue weighted by Crippen LogP contribution is -2.00. The molecule has 0 amide bonds. The molecule has 0 aliphatic carbocycles. The van der Waals surface area contributed by atoms with Crippen LogP contribution in [0.25, 0.3) is 0 Å². The highest BCUT2D eigenvalue weighted by Crippen LogP contribution is 2.23. The molecule has 1 rings (SSSR count). The Hall–Kier alpha value is 0.320. The lowest BCUT2D eigenvalue weighted by molar-refractivity contribution is 0.624. The van der Waals surface area contributed by atoms with Crippen LogP contribution in [-0.2, 0) is 6.54 Å². The van der Waals surface area contributed by atoms with Gasteiger partial charge in [-0.1, -0.05) is 15.9 Å². The largest absolute Gasteiger partial charge is 0.326 e. The number of benzene rings is 1. The molecule has 1 aromatic carbocycles. The molecule has 1 nitrogen and oxygen atoms in total. The molecule has 0 spiro atoms. The van der Waals surface area contributed by atoms with Crippen molar-refractivity contribution in [3.8, 4) is 0 Å². The van der Waals surface area contributed by atoms with E-state index >= 15 is 0 Å². The van der Waals surface area contributed by atoms with E-state index in [2.05, 4.69) is 38.5 Å². The van der Waals surface area contributed by atoms with Gasteiger partial charge in [0.05, 0.1) is 0 Å². The van der Waals surface area contributed by atoms with Gasteiger partial charge in [-0.3, -0.25) is 0 Å². The predicted molar refractivity (Wildman–Crippen MR) is 54.7 cm³/mol. The average molecular weight is 330 g/mol. The Morgan fingerprint density at radius 1 is 1.55 bits per heavy atom. The van der Waals surface area contributed by atoms with E-state index in [4.69, 9.17) is 5.73 Å². The van der Waals surface area contributed by atoms with E-state index in [1.807, 2.05) is 0 Å². The third-order valence-electron chi connectivity index (χ3n) is 1.31. The van der Waals surface area contributed by atoms with E-state index in [0.29, 0.717) is 6.54 Å². The number of hydrogen-bond donors (Lipinski definition) is 1. The standard InChI is InChI=1S/C7H6BrFIN/c8-6-1-4(9)2-7(10)5(6)3-11/h1-2H,3,11H2. The molecular weight excluding hydrogens is 324 g/mol. The van der Waals surface area contributed by atoms with Crippen LogP contribution in [-0.4, -0.2) is 0 Å². The van der Waals surface area contributed by atoms with Crippen molar-refractivity contribution >= 4 is 38.5 Å². The molecule has 0 unspecified atom stereocenters. The normalized spacial score (nSPS) is 10.2. The van der Waals surface area contributed by atoms with Crippen LogP contribution >= 0.6 is 38.5 Å². The molecular formula is C7H6BrFIN. The SMILES string of the molecule is NCc1c(Br)cc(F)cc1I. The van der Waals surface area contributed by atoms with Crippen molar-refractivity contribution in [2.24, 2.45) is 5.73 Å². The lowest BCUT2D eigenvalue weighted by atomic mass is 10.2. The summed E-state index contributed by atoms with van der Waals surface area (Å²) in [6.45, 7) is 0.430. The van der Waals surface area contributed by atoms with Gasteiger partial charge in [0, 0.05) is 14.6 Å². The molecule has 0 saturated heterocycles. The van der Waals surface area contributed by atoms with Gasteiger partial charge in [-0.2, -0.15) is 0 Å². The Bertz CT molecular complexity index is 254. The third kappa shape index (κ3) is 2.13. The van der Waals surface area contributed by atoms with Crippen molar-refractivity contribution < 1.29 is 4.39 Å². The molecule has 0 aromatic heterocycles. The van der Waals surface area contributed by atoms with Crippen molar-refractivity contribution in [3.05, 3.63) is 31.6 Å². The molecule has 11 heavy (non-hydrogen) atoms. The minimum atomic E-state index is -0.238. The van der Waals surface area contributed by atoms with Crippen LogP contribution in [0.2, 0.25) is 0 Å².